The van der Waals surface area contributed by atoms with Gasteiger partial charge in [-0.1, -0.05) is 26.2 Å². The number of nitrogens with zero attached hydrogens (tertiary/aromatic N) is 1. The van der Waals surface area contributed by atoms with Crippen molar-refractivity contribution in [2.75, 3.05) is 13.1 Å². The van der Waals surface area contributed by atoms with Crippen LogP contribution in [0.2, 0.25) is 0 Å². The minimum Gasteiger partial charge on any atom is -0.341 e. The number of hydrogen-bond acceptors (Lipinski definition) is 2. The van der Waals surface area contributed by atoms with E-state index in [1.807, 2.05) is 11.8 Å². The van der Waals surface area contributed by atoms with Crippen LogP contribution in [0.15, 0.2) is 0 Å². The van der Waals surface area contributed by atoms with Gasteiger partial charge in [-0.25, -0.2) is 0 Å². The van der Waals surface area contributed by atoms with Crippen molar-refractivity contribution >= 4 is 5.91 Å². The standard InChI is InChI=1S/C14H26N2O/c1-3-8-14(2,15)13(17)16-9-11-6-4-5-7-12(11)10-16/h11-12H,3-10,15H2,1-2H3. The third-order valence-corrected chi connectivity index (χ3v) is 4.52. The van der Waals surface area contributed by atoms with Gasteiger partial charge in [0.2, 0.25) is 5.91 Å². The summed E-state index contributed by atoms with van der Waals surface area (Å²) in [6, 6.07) is 0. The molecule has 0 aromatic rings. The van der Waals surface area contributed by atoms with Crippen LogP contribution in [0.25, 0.3) is 0 Å². The van der Waals surface area contributed by atoms with Crippen LogP contribution in [0.5, 0.6) is 0 Å². The second-order valence-corrected chi connectivity index (χ2v) is 6.18. The van der Waals surface area contributed by atoms with E-state index < -0.39 is 5.54 Å². The molecule has 1 aliphatic heterocycles. The number of rotatable bonds is 3. The molecule has 3 nitrogen and oxygen atoms in total. The Morgan fingerprint density at radius 3 is 2.29 bits per heavy atom. The van der Waals surface area contributed by atoms with Crippen LogP contribution in [0, 0.1) is 11.8 Å². The zero-order valence-corrected chi connectivity index (χ0v) is 11.2. The highest BCUT2D eigenvalue weighted by Crippen LogP contribution is 2.36. The highest BCUT2D eigenvalue weighted by atomic mass is 16.2. The normalized spacial score (nSPS) is 32.1. The topological polar surface area (TPSA) is 46.3 Å². The molecule has 3 unspecified atom stereocenters. The quantitative estimate of drug-likeness (QED) is 0.819. The summed E-state index contributed by atoms with van der Waals surface area (Å²) in [4.78, 5) is 14.4. The fraction of sp³-hybridized carbons (Fsp3) is 0.929. The van der Waals surface area contributed by atoms with E-state index in [9.17, 15) is 4.79 Å². The van der Waals surface area contributed by atoms with Crippen LogP contribution in [0.1, 0.15) is 52.4 Å². The monoisotopic (exact) mass is 238 g/mol. The number of likely N-dealkylation sites (tertiary alicyclic amines) is 1. The maximum Gasteiger partial charge on any atom is 0.242 e. The predicted octanol–water partition coefficient (Wildman–Crippen LogP) is 2.15. The lowest BCUT2D eigenvalue weighted by atomic mass is 9.82. The lowest BCUT2D eigenvalue weighted by Crippen LogP contribution is -2.52. The van der Waals surface area contributed by atoms with Crippen LogP contribution < -0.4 is 5.73 Å². The van der Waals surface area contributed by atoms with Crippen molar-refractivity contribution in [2.45, 2.75) is 57.9 Å². The summed E-state index contributed by atoms with van der Waals surface area (Å²) >= 11 is 0. The molecule has 1 heterocycles. The molecule has 0 radical (unpaired) electrons. The van der Waals surface area contributed by atoms with Gasteiger partial charge in [0.15, 0.2) is 0 Å². The van der Waals surface area contributed by atoms with Crippen molar-refractivity contribution in [3.05, 3.63) is 0 Å². The van der Waals surface area contributed by atoms with Gasteiger partial charge in [-0.3, -0.25) is 4.79 Å². The molecule has 1 saturated carbocycles. The number of fused-ring (bicyclic) bond motifs is 1. The summed E-state index contributed by atoms with van der Waals surface area (Å²) < 4.78 is 0. The molecule has 2 N–H and O–H groups in total. The lowest BCUT2D eigenvalue weighted by Gasteiger charge is -2.29. The Kier molecular flexibility index (Phi) is 3.76. The zero-order valence-electron chi connectivity index (χ0n) is 11.2. The van der Waals surface area contributed by atoms with E-state index in [2.05, 4.69) is 6.92 Å². The minimum absolute atomic E-state index is 0.175. The number of nitrogens with two attached hydrogens (primary N) is 1. The maximum absolute atomic E-state index is 12.4. The molecule has 3 atom stereocenters. The van der Waals surface area contributed by atoms with E-state index >= 15 is 0 Å². The van der Waals surface area contributed by atoms with Crippen molar-refractivity contribution in [3.8, 4) is 0 Å². The molecule has 2 rings (SSSR count). The molecule has 0 aromatic heterocycles. The number of carbonyl (C=O) groups is 1. The largest absolute Gasteiger partial charge is 0.341 e. The molecule has 17 heavy (non-hydrogen) atoms. The van der Waals surface area contributed by atoms with E-state index in [0.29, 0.717) is 0 Å². The van der Waals surface area contributed by atoms with Crippen LogP contribution in [0.4, 0.5) is 0 Å². The smallest absolute Gasteiger partial charge is 0.242 e. The van der Waals surface area contributed by atoms with Gasteiger partial charge in [-0.15, -0.1) is 0 Å². The third-order valence-electron chi connectivity index (χ3n) is 4.52. The molecular formula is C14H26N2O. The summed E-state index contributed by atoms with van der Waals surface area (Å²) in [5.74, 6) is 1.68. The van der Waals surface area contributed by atoms with Gasteiger partial charge in [-0.05, 0) is 38.0 Å². The van der Waals surface area contributed by atoms with Gasteiger partial charge in [0, 0.05) is 13.1 Å². The fourth-order valence-corrected chi connectivity index (χ4v) is 3.56. The highest BCUT2D eigenvalue weighted by molar-refractivity contribution is 5.85. The maximum atomic E-state index is 12.4. The average molecular weight is 238 g/mol. The SMILES string of the molecule is CCCC(C)(N)C(=O)N1CC2CCCCC2C1. The molecule has 3 heteroatoms. The molecule has 1 amide bonds. The first-order chi connectivity index (χ1) is 8.04. The van der Waals surface area contributed by atoms with Gasteiger partial charge >= 0.3 is 0 Å². The van der Waals surface area contributed by atoms with Crippen molar-refractivity contribution < 1.29 is 4.79 Å². The number of hydrogen-bond donors (Lipinski definition) is 1. The molecule has 0 bridgehead atoms. The van der Waals surface area contributed by atoms with Gasteiger partial charge in [-0.2, -0.15) is 0 Å². The molecular weight excluding hydrogens is 212 g/mol. The predicted molar refractivity (Wildman–Crippen MR) is 69.5 cm³/mol. The molecule has 2 fully saturated rings. The summed E-state index contributed by atoms with van der Waals surface area (Å²) in [5.41, 5.74) is 5.50. The van der Waals surface area contributed by atoms with Crippen LogP contribution in [-0.2, 0) is 4.79 Å². The van der Waals surface area contributed by atoms with Gasteiger partial charge in [0.25, 0.3) is 0 Å². The van der Waals surface area contributed by atoms with Crippen LogP contribution >= 0.6 is 0 Å². The first kappa shape index (κ1) is 12.9. The lowest BCUT2D eigenvalue weighted by molar-refractivity contribution is -0.135. The molecule has 1 saturated heterocycles. The first-order valence-electron chi connectivity index (χ1n) is 7.13. The van der Waals surface area contributed by atoms with Crippen molar-refractivity contribution in [2.24, 2.45) is 17.6 Å². The highest BCUT2D eigenvalue weighted by Gasteiger charge is 2.40. The van der Waals surface area contributed by atoms with E-state index in [1.165, 1.54) is 25.7 Å². The molecule has 1 aliphatic carbocycles. The number of carbonyl (C=O) groups excluding carboxylic acids is 1. The molecule has 2 aliphatic rings. The Labute approximate surface area is 105 Å². The Morgan fingerprint density at radius 2 is 1.82 bits per heavy atom. The zero-order chi connectivity index (χ0) is 12.5. The molecule has 98 valence electrons. The summed E-state index contributed by atoms with van der Waals surface area (Å²) in [6.45, 7) is 5.89. The van der Waals surface area contributed by atoms with E-state index in [-0.39, 0.29) is 5.91 Å². The molecule has 0 spiro atoms. The Hall–Kier alpha value is -0.570. The summed E-state index contributed by atoms with van der Waals surface area (Å²) in [7, 11) is 0. The Morgan fingerprint density at radius 1 is 1.29 bits per heavy atom. The van der Waals surface area contributed by atoms with Crippen molar-refractivity contribution in [1.29, 1.82) is 0 Å². The van der Waals surface area contributed by atoms with E-state index in [4.69, 9.17) is 5.73 Å². The summed E-state index contributed by atoms with van der Waals surface area (Å²) in [6.07, 6.45) is 7.07. The van der Waals surface area contributed by atoms with Crippen LogP contribution in [-0.4, -0.2) is 29.4 Å². The Balaban J connectivity index is 1.97. The summed E-state index contributed by atoms with van der Waals surface area (Å²) in [5, 5.41) is 0. The van der Waals surface area contributed by atoms with Gasteiger partial charge in [0.05, 0.1) is 5.54 Å². The second kappa shape index (κ2) is 4.97. The molecule has 0 aromatic carbocycles. The van der Waals surface area contributed by atoms with Crippen molar-refractivity contribution in [3.63, 3.8) is 0 Å². The van der Waals surface area contributed by atoms with E-state index in [1.54, 1.807) is 0 Å². The fourth-order valence-electron chi connectivity index (χ4n) is 3.56. The Bertz CT molecular complexity index is 274. The van der Waals surface area contributed by atoms with Crippen LogP contribution in [0.3, 0.4) is 0 Å². The van der Waals surface area contributed by atoms with Crippen molar-refractivity contribution in [1.82, 2.24) is 4.90 Å². The third kappa shape index (κ3) is 2.65. The number of amides is 1. The van der Waals surface area contributed by atoms with Gasteiger partial charge < -0.3 is 10.6 Å². The second-order valence-electron chi connectivity index (χ2n) is 6.18. The van der Waals surface area contributed by atoms with E-state index in [0.717, 1.165) is 37.8 Å². The van der Waals surface area contributed by atoms with Gasteiger partial charge in [0.1, 0.15) is 0 Å². The minimum atomic E-state index is -0.651. The average Bonchev–Trinajstić information content (AvgIpc) is 2.71. The first-order valence-corrected chi connectivity index (χ1v) is 7.13.